The number of rotatable bonds is 9. The molecule has 1 rings (SSSR count). The number of carbonyl (C=O) groups is 2. The Morgan fingerprint density at radius 2 is 1.96 bits per heavy atom. The Labute approximate surface area is 151 Å². The number of guanidine groups is 1. The zero-order valence-electron chi connectivity index (χ0n) is 14.6. The summed E-state index contributed by atoms with van der Waals surface area (Å²) in [6.45, 7) is 1.51. The van der Waals surface area contributed by atoms with Crippen molar-refractivity contribution in [3.63, 3.8) is 0 Å². The van der Waals surface area contributed by atoms with E-state index in [-0.39, 0.29) is 24.6 Å². The third kappa shape index (κ3) is 6.52. The zero-order chi connectivity index (χ0) is 19.7. The topological polar surface area (TPSA) is 163 Å². The van der Waals surface area contributed by atoms with Gasteiger partial charge in [-0.05, 0) is 37.0 Å². The fourth-order valence-corrected chi connectivity index (χ4v) is 2.44. The Morgan fingerprint density at radius 3 is 2.46 bits per heavy atom. The number of nitrogens with two attached hydrogens (primary N) is 2. The molecule has 1 aromatic rings. The van der Waals surface area contributed by atoms with E-state index < -0.39 is 23.9 Å². The molecule has 0 spiro atoms. The molecule has 0 aliphatic rings. The Hall–Kier alpha value is -2.94. The van der Waals surface area contributed by atoms with Crippen LogP contribution in [0.4, 0.5) is 0 Å². The molecule has 1 radical (unpaired) electrons. The van der Waals surface area contributed by atoms with Gasteiger partial charge in [0.15, 0.2) is 5.96 Å². The van der Waals surface area contributed by atoms with E-state index in [2.05, 4.69) is 5.32 Å². The standard InChI is InChI=1S/C17H24N5O4/c1-11(24)22(13(10-23)3-2-8-21-17(19)20)16(26)15(18)9-12-4-6-14(25)7-5-12/h4-7,13,15,25H,2-3,8-9,18H2,1H3,(H4,19,20,21)/t13-,15-/m0/s1. The third-order valence-electron chi connectivity index (χ3n) is 3.70. The molecule has 0 aromatic heterocycles. The smallest absolute Gasteiger partial charge is 0.247 e. The summed E-state index contributed by atoms with van der Waals surface area (Å²) in [5.41, 5.74) is 11.8. The van der Waals surface area contributed by atoms with E-state index in [4.69, 9.17) is 16.9 Å². The Kier molecular flexibility index (Phi) is 8.23. The van der Waals surface area contributed by atoms with Gasteiger partial charge in [-0.15, -0.1) is 0 Å². The number of aromatic hydroxyl groups is 1. The molecule has 141 valence electrons. The van der Waals surface area contributed by atoms with Crippen LogP contribution in [0.2, 0.25) is 0 Å². The number of nitrogens with one attached hydrogen (secondary N) is 2. The van der Waals surface area contributed by atoms with Gasteiger partial charge in [0.25, 0.3) is 0 Å². The van der Waals surface area contributed by atoms with Crippen LogP contribution in [0.1, 0.15) is 25.3 Å². The number of imide groups is 1. The molecule has 0 fully saturated rings. The molecular formula is C17H24N5O4. The van der Waals surface area contributed by atoms with Crippen molar-refractivity contribution in [3.05, 3.63) is 29.8 Å². The van der Waals surface area contributed by atoms with E-state index in [1.807, 2.05) is 0 Å². The highest BCUT2D eigenvalue weighted by molar-refractivity contribution is 5.99. The van der Waals surface area contributed by atoms with Crippen molar-refractivity contribution in [2.24, 2.45) is 11.5 Å². The number of phenols is 1. The molecule has 0 saturated carbocycles. The molecule has 9 nitrogen and oxygen atoms in total. The minimum atomic E-state index is -1.06. The maximum absolute atomic E-state index is 12.6. The summed E-state index contributed by atoms with van der Waals surface area (Å²) >= 11 is 0. The molecule has 0 unspecified atom stereocenters. The lowest BCUT2D eigenvalue weighted by Gasteiger charge is -2.27. The number of benzene rings is 1. The molecule has 1 aromatic carbocycles. The van der Waals surface area contributed by atoms with Crippen molar-refractivity contribution in [1.29, 1.82) is 5.41 Å². The van der Waals surface area contributed by atoms with Crippen LogP contribution in [0.15, 0.2) is 24.3 Å². The normalized spacial score (nSPS) is 12.7. The second-order valence-corrected chi connectivity index (χ2v) is 5.82. The molecule has 0 bridgehead atoms. The fraction of sp³-hybridized carbons (Fsp3) is 0.412. The number of carbonyl (C=O) groups excluding carboxylic acids is 3. The molecule has 0 heterocycles. The Bertz CT molecular complexity index is 647. The lowest BCUT2D eigenvalue weighted by Crippen LogP contribution is -2.52. The largest absolute Gasteiger partial charge is 0.508 e. The van der Waals surface area contributed by atoms with Crippen molar-refractivity contribution in [1.82, 2.24) is 10.2 Å². The molecule has 0 aliphatic heterocycles. The fourth-order valence-electron chi connectivity index (χ4n) is 2.44. The average molecular weight is 362 g/mol. The summed E-state index contributed by atoms with van der Waals surface area (Å²) in [6, 6.07) is 4.11. The second-order valence-electron chi connectivity index (χ2n) is 5.82. The van der Waals surface area contributed by atoms with Gasteiger partial charge in [0.05, 0.1) is 6.04 Å². The first kappa shape index (κ1) is 21.1. The monoisotopic (exact) mass is 362 g/mol. The highest BCUT2D eigenvalue weighted by Crippen LogP contribution is 2.13. The van der Waals surface area contributed by atoms with Gasteiger partial charge < -0.3 is 21.9 Å². The lowest BCUT2D eigenvalue weighted by molar-refractivity contribution is -0.145. The predicted molar refractivity (Wildman–Crippen MR) is 95.9 cm³/mol. The molecule has 26 heavy (non-hydrogen) atoms. The minimum absolute atomic E-state index is 0.0915. The quantitative estimate of drug-likeness (QED) is 0.222. The Balaban J connectivity index is 2.76. The predicted octanol–water partition coefficient (Wildman–Crippen LogP) is -0.621. The number of hydrogen-bond donors (Lipinski definition) is 5. The highest BCUT2D eigenvalue weighted by Gasteiger charge is 2.31. The van der Waals surface area contributed by atoms with Crippen molar-refractivity contribution >= 4 is 24.1 Å². The second kappa shape index (κ2) is 10.1. The first-order chi connectivity index (χ1) is 12.3. The zero-order valence-corrected chi connectivity index (χ0v) is 14.6. The molecule has 9 heteroatoms. The number of amides is 2. The van der Waals surface area contributed by atoms with Gasteiger partial charge in [-0.25, -0.2) is 0 Å². The van der Waals surface area contributed by atoms with Crippen LogP contribution in [0.25, 0.3) is 0 Å². The Morgan fingerprint density at radius 1 is 1.35 bits per heavy atom. The van der Waals surface area contributed by atoms with Crippen LogP contribution in [-0.2, 0) is 20.8 Å². The molecular weight excluding hydrogens is 338 g/mol. The van der Waals surface area contributed by atoms with Crippen molar-refractivity contribution in [3.8, 4) is 5.75 Å². The van der Waals surface area contributed by atoms with Crippen LogP contribution >= 0.6 is 0 Å². The van der Waals surface area contributed by atoms with Crippen molar-refractivity contribution in [2.45, 2.75) is 38.3 Å². The summed E-state index contributed by atoms with van der Waals surface area (Å²) in [5.74, 6) is -1.37. The number of nitrogens with zero attached hydrogens (tertiary/aromatic N) is 1. The SMILES string of the molecule is CC(=O)N(C(=O)[C@@H](N)Cc1ccc(O)cc1)[C@H]([C]=O)CCCNC(=N)N. The van der Waals surface area contributed by atoms with E-state index >= 15 is 0 Å². The first-order valence-electron chi connectivity index (χ1n) is 8.09. The van der Waals surface area contributed by atoms with Gasteiger partial charge in [-0.1, -0.05) is 12.1 Å². The summed E-state index contributed by atoms with van der Waals surface area (Å²) in [5, 5.41) is 18.9. The summed E-state index contributed by atoms with van der Waals surface area (Å²) in [4.78, 5) is 36.6. The van der Waals surface area contributed by atoms with Gasteiger partial charge in [0.1, 0.15) is 11.8 Å². The van der Waals surface area contributed by atoms with E-state index in [1.54, 1.807) is 18.4 Å². The summed E-state index contributed by atoms with van der Waals surface area (Å²) in [7, 11) is 0. The van der Waals surface area contributed by atoms with Crippen LogP contribution < -0.4 is 16.8 Å². The molecule has 0 aliphatic carbocycles. The van der Waals surface area contributed by atoms with Gasteiger partial charge >= 0.3 is 0 Å². The van der Waals surface area contributed by atoms with E-state index in [0.717, 1.165) is 4.90 Å². The lowest BCUT2D eigenvalue weighted by atomic mass is 10.0. The molecule has 2 atom stereocenters. The van der Waals surface area contributed by atoms with Crippen LogP contribution in [0, 0.1) is 5.41 Å². The maximum atomic E-state index is 12.6. The molecule has 2 amide bonds. The van der Waals surface area contributed by atoms with Crippen LogP contribution in [0.5, 0.6) is 5.75 Å². The minimum Gasteiger partial charge on any atom is -0.508 e. The van der Waals surface area contributed by atoms with Gasteiger partial charge in [0.2, 0.25) is 18.1 Å². The average Bonchev–Trinajstić information content (AvgIpc) is 2.58. The van der Waals surface area contributed by atoms with Crippen LogP contribution in [0.3, 0.4) is 0 Å². The van der Waals surface area contributed by atoms with E-state index in [0.29, 0.717) is 18.5 Å². The third-order valence-corrected chi connectivity index (χ3v) is 3.70. The van der Waals surface area contributed by atoms with Gasteiger partial charge in [0, 0.05) is 13.5 Å². The molecule has 0 saturated heterocycles. The van der Waals surface area contributed by atoms with E-state index in [1.165, 1.54) is 19.1 Å². The summed E-state index contributed by atoms with van der Waals surface area (Å²) < 4.78 is 0. The molecule has 7 N–H and O–H groups in total. The summed E-state index contributed by atoms with van der Waals surface area (Å²) in [6.07, 6.45) is 2.45. The van der Waals surface area contributed by atoms with E-state index in [9.17, 15) is 19.5 Å². The first-order valence-corrected chi connectivity index (χ1v) is 8.09. The van der Waals surface area contributed by atoms with Gasteiger partial charge in [-0.3, -0.25) is 24.7 Å². The van der Waals surface area contributed by atoms with Crippen LogP contribution in [-0.4, -0.2) is 52.7 Å². The highest BCUT2D eigenvalue weighted by atomic mass is 16.3. The number of phenolic OH excluding ortho intramolecular Hbond substituents is 1. The maximum Gasteiger partial charge on any atom is 0.247 e. The van der Waals surface area contributed by atoms with Crippen molar-refractivity contribution < 1.29 is 19.5 Å². The van der Waals surface area contributed by atoms with Gasteiger partial charge in [-0.2, -0.15) is 0 Å². The van der Waals surface area contributed by atoms with Crippen molar-refractivity contribution in [2.75, 3.05) is 6.54 Å². The number of hydrogen-bond acceptors (Lipinski definition) is 6.